The van der Waals surface area contributed by atoms with E-state index in [0.29, 0.717) is 22.6 Å². The predicted molar refractivity (Wildman–Crippen MR) is 120 cm³/mol. The Hall–Kier alpha value is -4.27. The molecule has 0 radical (unpaired) electrons. The standard InChI is InChI=1S/C23H21N5O4/c1-15(2)16-7-10-18(11-8-16)27-25-19-12-9-17(13-20(19)26-27)24-23(29)14-32-22-6-4-3-5-21(22)28(30)31/h3-13,15H,14H2,1-2H3,(H,24,29). The van der Waals surface area contributed by atoms with Gasteiger partial charge >= 0.3 is 5.69 Å². The van der Waals surface area contributed by atoms with Crippen LogP contribution in [0.1, 0.15) is 25.3 Å². The van der Waals surface area contributed by atoms with Gasteiger partial charge in [-0.25, -0.2) is 0 Å². The number of hydrogen-bond donors (Lipinski definition) is 1. The second kappa shape index (κ2) is 8.84. The molecule has 1 amide bonds. The predicted octanol–water partition coefficient (Wildman–Crippen LogP) is 4.47. The number of nitro benzene ring substituents is 1. The third kappa shape index (κ3) is 4.56. The van der Waals surface area contributed by atoms with E-state index in [1.807, 2.05) is 12.1 Å². The molecule has 3 aromatic carbocycles. The van der Waals surface area contributed by atoms with Crippen molar-refractivity contribution in [1.82, 2.24) is 15.0 Å². The van der Waals surface area contributed by atoms with Gasteiger partial charge in [-0.05, 0) is 47.9 Å². The minimum absolute atomic E-state index is 0.0366. The third-order valence-electron chi connectivity index (χ3n) is 4.88. The molecule has 9 nitrogen and oxygen atoms in total. The monoisotopic (exact) mass is 431 g/mol. The fourth-order valence-corrected chi connectivity index (χ4v) is 3.17. The average Bonchev–Trinajstić information content (AvgIpc) is 3.21. The van der Waals surface area contributed by atoms with E-state index in [0.717, 1.165) is 5.69 Å². The molecule has 0 saturated carbocycles. The summed E-state index contributed by atoms with van der Waals surface area (Å²) in [5.41, 5.74) is 3.71. The van der Waals surface area contributed by atoms with Gasteiger partial charge in [-0.15, -0.1) is 10.2 Å². The number of carbonyl (C=O) groups is 1. The summed E-state index contributed by atoms with van der Waals surface area (Å²) in [5.74, 6) is 0.0329. The summed E-state index contributed by atoms with van der Waals surface area (Å²) in [5, 5.41) is 22.7. The summed E-state index contributed by atoms with van der Waals surface area (Å²) in [6.07, 6.45) is 0. The van der Waals surface area contributed by atoms with E-state index in [1.165, 1.54) is 23.8 Å². The van der Waals surface area contributed by atoms with Crippen LogP contribution >= 0.6 is 0 Å². The SMILES string of the molecule is CC(C)c1ccc(-n2nc3ccc(NC(=O)COc4ccccc4[N+](=O)[O-])cc3n2)cc1. The Morgan fingerprint density at radius 2 is 1.78 bits per heavy atom. The van der Waals surface area contributed by atoms with Gasteiger partial charge in [-0.3, -0.25) is 14.9 Å². The summed E-state index contributed by atoms with van der Waals surface area (Å²) >= 11 is 0. The molecule has 32 heavy (non-hydrogen) atoms. The highest BCUT2D eigenvalue weighted by Crippen LogP contribution is 2.26. The van der Waals surface area contributed by atoms with Crippen molar-refractivity contribution in [3.63, 3.8) is 0 Å². The number of carbonyl (C=O) groups excluding carboxylic acids is 1. The minimum atomic E-state index is -0.555. The van der Waals surface area contributed by atoms with Gasteiger partial charge in [-0.2, -0.15) is 4.80 Å². The number of ether oxygens (including phenoxy) is 1. The van der Waals surface area contributed by atoms with E-state index < -0.39 is 10.8 Å². The molecule has 4 aromatic rings. The Labute approximate surface area is 183 Å². The normalized spacial score (nSPS) is 11.0. The molecule has 0 saturated heterocycles. The van der Waals surface area contributed by atoms with Crippen LogP contribution in [0.25, 0.3) is 16.7 Å². The van der Waals surface area contributed by atoms with Gasteiger partial charge in [0.25, 0.3) is 5.91 Å². The van der Waals surface area contributed by atoms with Gasteiger partial charge in [0.1, 0.15) is 11.0 Å². The fourth-order valence-electron chi connectivity index (χ4n) is 3.17. The van der Waals surface area contributed by atoms with Crippen molar-refractivity contribution in [3.8, 4) is 11.4 Å². The first-order valence-corrected chi connectivity index (χ1v) is 10.0. The van der Waals surface area contributed by atoms with Crippen molar-refractivity contribution < 1.29 is 14.5 Å². The van der Waals surface area contributed by atoms with Crippen LogP contribution in [0.3, 0.4) is 0 Å². The van der Waals surface area contributed by atoms with Crippen LogP contribution in [0.5, 0.6) is 5.75 Å². The fraction of sp³-hybridized carbons (Fsp3) is 0.174. The van der Waals surface area contributed by atoms with Crippen molar-refractivity contribution in [2.75, 3.05) is 11.9 Å². The number of hydrogen-bond acceptors (Lipinski definition) is 6. The Balaban J connectivity index is 1.45. The van der Waals surface area contributed by atoms with Crippen molar-refractivity contribution in [2.24, 2.45) is 0 Å². The average molecular weight is 431 g/mol. The van der Waals surface area contributed by atoms with E-state index >= 15 is 0 Å². The number of rotatable bonds is 7. The highest BCUT2D eigenvalue weighted by Gasteiger charge is 2.15. The van der Waals surface area contributed by atoms with Gasteiger partial charge in [0.2, 0.25) is 0 Å². The molecule has 1 N–H and O–H groups in total. The quantitative estimate of drug-likeness (QED) is 0.341. The van der Waals surface area contributed by atoms with Crippen LogP contribution in [0, 0.1) is 10.1 Å². The van der Waals surface area contributed by atoms with Crippen LogP contribution in [-0.2, 0) is 4.79 Å². The van der Waals surface area contributed by atoms with Gasteiger partial charge in [0.15, 0.2) is 12.4 Å². The summed E-state index contributed by atoms with van der Waals surface area (Å²) in [7, 11) is 0. The van der Waals surface area contributed by atoms with Crippen LogP contribution in [-0.4, -0.2) is 32.4 Å². The molecule has 0 aliphatic heterocycles. The molecule has 0 atom stereocenters. The number of aromatic nitrogens is 3. The number of nitro groups is 1. The maximum absolute atomic E-state index is 12.3. The molecule has 0 spiro atoms. The molecule has 4 rings (SSSR count). The molecule has 0 unspecified atom stereocenters. The molecular formula is C23H21N5O4. The van der Waals surface area contributed by atoms with E-state index in [9.17, 15) is 14.9 Å². The summed E-state index contributed by atoms with van der Waals surface area (Å²) in [4.78, 5) is 24.3. The maximum Gasteiger partial charge on any atom is 0.310 e. The van der Waals surface area contributed by atoms with Gasteiger partial charge in [0.05, 0.1) is 10.6 Å². The number of fused-ring (bicyclic) bond motifs is 1. The smallest absolute Gasteiger partial charge is 0.310 e. The molecule has 162 valence electrons. The zero-order valence-corrected chi connectivity index (χ0v) is 17.6. The van der Waals surface area contributed by atoms with Crippen LogP contribution < -0.4 is 10.1 Å². The van der Waals surface area contributed by atoms with Gasteiger partial charge in [0, 0.05) is 11.8 Å². The van der Waals surface area contributed by atoms with E-state index in [4.69, 9.17) is 4.74 Å². The highest BCUT2D eigenvalue weighted by atomic mass is 16.6. The highest BCUT2D eigenvalue weighted by molar-refractivity contribution is 5.93. The Kier molecular flexibility index (Phi) is 5.80. The molecule has 1 heterocycles. The lowest BCUT2D eigenvalue weighted by Crippen LogP contribution is -2.20. The lowest BCUT2D eigenvalue weighted by atomic mass is 10.0. The molecule has 0 aliphatic carbocycles. The van der Waals surface area contributed by atoms with Gasteiger partial charge < -0.3 is 10.1 Å². The molecule has 0 fully saturated rings. The molecule has 1 aromatic heterocycles. The van der Waals surface area contributed by atoms with E-state index in [2.05, 4.69) is 41.5 Å². The van der Waals surface area contributed by atoms with Crippen molar-refractivity contribution in [2.45, 2.75) is 19.8 Å². The lowest BCUT2D eigenvalue weighted by Gasteiger charge is -2.07. The van der Waals surface area contributed by atoms with Crippen molar-refractivity contribution >= 4 is 28.3 Å². The zero-order valence-electron chi connectivity index (χ0n) is 17.6. The summed E-state index contributed by atoms with van der Waals surface area (Å²) in [6, 6.07) is 19.1. The minimum Gasteiger partial charge on any atom is -0.477 e. The summed E-state index contributed by atoms with van der Waals surface area (Å²) < 4.78 is 5.32. The molecule has 9 heteroatoms. The number of amides is 1. The van der Waals surface area contributed by atoms with E-state index in [-0.39, 0.29) is 18.0 Å². The number of benzene rings is 3. The first-order chi connectivity index (χ1) is 15.4. The van der Waals surface area contributed by atoms with Crippen molar-refractivity contribution in [1.29, 1.82) is 0 Å². The topological polar surface area (TPSA) is 112 Å². The number of para-hydroxylation sites is 2. The maximum atomic E-state index is 12.3. The molecule has 0 bridgehead atoms. The summed E-state index contributed by atoms with van der Waals surface area (Å²) in [6.45, 7) is 3.91. The van der Waals surface area contributed by atoms with Crippen molar-refractivity contribution in [3.05, 3.63) is 82.4 Å². The lowest BCUT2D eigenvalue weighted by molar-refractivity contribution is -0.385. The second-order valence-corrected chi connectivity index (χ2v) is 7.50. The Morgan fingerprint density at radius 3 is 2.50 bits per heavy atom. The molecule has 0 aliphatic rings. The first kappa shape index (κ1) is 21.0. The van der Waals surface area contributed by atoms with Crippen LogP contribution in [0.2, 0.25) is 0 Å². The van der Waals surface area contributed by atoms with Gasteiger partial charge in [-0.1, -0.05) is 38.1 Å². The Bertz CT molecular complexity index is 1280. The first-order valence-electron chi connectivity index (χ1n) is 10.0. The second-order valence-electron chi connectivity index (χ2n) is 7.50. The molecular weight excluding hydrogens is 410 g/mol. The third-order valence-corrected chi connectivity index (χ3v) is 4.88. The zero-order chi connectivity index (χ0) is 22.7. The van der Waals surface area contributed by atoms with Crippen LogP contribution in [0.15, 0.2) is 66.7 Å². The number of nitrogens with one attached hydrogen (secondary N) is 1. The Morgan fingerprint density at radius 1 is 1.06 bits per heavy atom. The number of anilines is 1. The van der Waals surface area contributed by atoms with Crippen LogP contribution in [0.4, 0.5) is 11.4 Å². The number of nitrogens with zero attached hydrogens (tertiary/aromatic N) is 4. The van der Waals surface area contributed by atoms with E-state index in [1.54, 1.807) is 29.1 Å². The largest absolute Gasteiger partial charge is 0.477 e.